The third-order valence-electron chi connectivity index (χ3n) is 2.26. The van der Waals surface area contributed by atoms with Gasteiger partial charge in [0, 0.05) is 11.8 Å². The topological polar surface area (TPSA) is 54.4 Å². The van der Waals surface area contributed by atoms with Crippen molar-refractivity contribution < 1.29 is 9.18 Å². The van der Waals surface area contributed by atoms with Crippen molar-refractivity contribution in [2.45, 2.75) is 0 Å². The van der Waals surface area contributed by atoms with E-state index in [0.29, 0.717) is 0 Å². The Morgan fingerprint density at radius 3 is 2.84 bits per heavy atom. The SMILES string of the molecule is O=C(NN=Cc1c(F)cccc1Cl)c1ccccn1. The summed E-state index contributed by atoms with van der Waals surface area (Å²) in [7, 11) is 0. The summed E-state index contributed by atoms with van der Waals surface area (Å²) in [5, 5.41) is 3.87. The van der Waals surface area contributed by atoms with Crippen LogP contribution in [-0.2, 0) is 0 Å². The molecule has 1 N–H and O–H groups in total. The number of halogens is 2. The maximum absolute atomic E-state index is 13.4. The number of hydrogen-bond donors (Lipinski definition) is 1. The molecule has 2 rings (SSSR count). The molecule has 19 heavy (non-hydrogen) atoms. The van der Waals surface area contributed by atoms with Gasteiger partial charge in [-0.2, -0.15) is 5.10 Å². The predicted molar refractivity (Wildman–Crippen MR) is 70.7 cm³/mol. The number of rotatable bonds is 3. The number of amides is 1. The highest BCUT2D eigenvalue weighted by molar-refractivity contribution is 6.33. The van der Waals surface area contributed by atoms with Gasteiger partial charge in [-0.25, -0.2) is 9.82 Å². The quantitative estimate of drug-likeness (QED) is 0.693. The minimum absolute atomic E-state index is 0.116. The molecule has 1 heterocycles. The molecule has 0 unspecified atom stereocenters. The van der Waals surface area contributed by atoms with Crippen LogP contribution in [-0.4, -0.2) is 17.1 Å². The second-order valence-corrected chi connectivity index (χ2v) is 3.96. The summed E-state index contributed by atoms with van der Waals surface area (Å²) in [5.74, 6) is -0.993. The zero-order valence-electron chi connectivity index (χ0n) is 9.68. The normalized spacial score (nSPS) is 10.6. The molecular formula is C13H9ClFN3O. The van der Waals surface area contributed by atoms with Crippen molar-refractivity contribution in [2.24, 2.45) is 5.10 Å². The standard InChI is InChI=1S/C13H9ClFN3O/c14-10-4-3-5-11(15)9(10)8-17-18-13(19)12-6-1-2-7-16-12/h1-8H,(H,18,19). The summed E-state index contributed by atoms with van der Waals surface area (Å²) >= 11 is 5.81. The van der Waals surface area contributed by atoms with Crippen LogP contribution < -0.4 is 5.43 Å². The monoisotopic (exact) mass is 277 g/mol. The van der Waals surface area contributed by atoms with Crippen molar-refractivity contribution in [1.82, 2.24) is 10.4 Å². The van der Waals surface area contributed by atoms with Crippen molar-refractivity contribution >= 4 is 23.7 Å². The first-order chi connectivity index (χ1) is 9.18. The summed E-state index contributed by atoms with van der Waals surface area (Å²) < 4.78 is 13.4. The van der Waals surface area contributed by atoms with Crippen LogP contribution in [0, 0.1) is 5.82 Å². The molecule has 0 aliphatic heterocycles. The Bertz CT molecular complexity index is 596. The summed E-state index contributed by atoms with van der Waals surface area (Å²) in [5.41, 5.74) is 2.58. The first kappa shape index (κ1) is 13.2. The lowest BCUT2D eigenvalue weighted by Crippen LogP contribution is -2.18. The Hall–Kier alpha value is -2.27. The van der Waals surface area contributed by atoms with Crippen molar-refractivity contribution in [3.05, 3.63) is 64.7 Å². The van der Waals surface area contributed by atoms with Crippen LogP contribution in [0.1, 0.15) is 16.1 Å². The van der Waals surface area contributed by atoms with Crippen molar-refractivity contribution in [2.75, 3.05) is 0 Å². The van der Waals surface area contributed by atoms with Crippen molar-refractivity contribution in [3.63, 3.8) is 0 Å². The fourth-order valence-corrected chi connectivity index (χ4v) is 1.56. The van der Waals surface area contributed by atoms with Crippen LogP contribution in [0.15, 0.2) is 47.7 Å². The molecule has 0 spiro atoms. The van der Waals surface area contributed by atoms with Gasteiger partial charge in [0.2, 0.25) is 0 Å². The van der Waals surface area contributed by atoms with Crippen LogP contribution in [0.5, 0.6) is 0 Å². The molecule has 0 bridgehead atoms. The van der Waals surface area contributed by atoms with E-state index in [1.54, 1.807) is 18.2 Å². The number of aromatic nitrogens is 1. The summed E-state index contributed by atoms with van der Waals surface area (Å²) in [4.78, 5) is 15.4. The number of nitrogens with one attached hydrogen (secondary N) is 1. The number of carbonyl (C=O) groups excluding carboxylic acids is 1. The number of benzene rings is 1. The molecule has 0 radical (unpaired) electrons. The van der Waals surface area contributed by atoms with E-state index in [2.05, 4.69) is 15.5 Å². The summed E-state index contributed by atoms with van der Waals surface area (Å²) in [6.45, 7) is 0. The van der Waals surface area contributed by atoms with Crippen LogP contribution in [0.3, 0.4) is 0 Å². The van der Waals surface area contributed by atoms with Crippen LogP contribution in [0.2, 0.25) is 5.02 Å². The first-order valence-electron chi connectivity index (χ1n) is 5.37. The average Bonchev–Trinajstić information content (AvgIpc) is 2.43. The van der Waals surface area contributed by atoms with Gasteiger partial charge in [0.25, 0.3) is 5.91 Å². The molecule has 0 saturated heterocycles. The lowest BCUT2D eigenvalue weighted by atomic mass is 10.2. The zero-order valence-corrected chi connectivity index (χ0v) is 10.4. The van der Waals surface area contributed by atoms with E-state index in [-0.39, 0.29) is 16.3 Å². The molecule has 1 aromatic carbocycles. The van der Waals surface area contributed by atoms with E-state index >= 15 is 0 Å². The third-order valence-corrected chi connectivity index (χ3v) is 2.59. The lowest BCUT2D eigenvalue weighted by Gasteiger charge is -2.00. The number of pyridine rings is 1. The Balaban J connectivity index is 2.07. The first-order valence-corrected chi connectivity index (χ1v) is 5.75. The van der Waals surface area contributed by atoms with Gasteiger partial charge in [0.15, 0.2) is 0 Å². The highest BCUT2D eigenvalue weighted by Gasteiger charge is 2.06. The van der Waals surface area contributed by atoms with Gasteiger partial charge in [0.05, 0.1) is 11.2 Å². The molecule has 0 atom stereocenters. The van der Waals surface area contributed by atoms with Gasteiger partial charge in [-0.05, 0) is 24.3 Å². The van der Waals surface area contributed by atoms with Crippen LogP contribution in [0.25, 0.3) is 0 Å². The lowest BCUT2D eigenvalue weighted by molar-refractivity contribution is 0.0950. The van der Waals surface area contributed by atoms with Gasteiger partial charge in [0.1, 0.15) is 11.5 Å². The molecule has 6 heteroatoms. The molecular weight excluding hydrogens is 269 g/mol. The maximum atomic E-state index is 13.4. The van der Waals surface area contributed by atoms with Gasteiger partial charge >= 0.3 is 0 Å². The van der Waals surface area contributed by atoms with Crippen molar-refractivity contribution in [3.8, 4) is 0 Å². The smallest absolute Gasteiger partial charge is 0.266 e. The van der Waals surface area contributed by atoms with E-state index in [1.807, 2.05) is 0 Å². The van der Waals surface area contributed by atoms with Crippen molar-refractivity contribution in [1.29, 1.82) is 0 Å². The molecule has 96 valence electrons. The van der Waals surface area contributed by atoms with E-state index in [0.717, 1.165) is 6.21 Å². The molecule has 4 nitrogen and oxygen atoms in total. The molecule has 0 fully saturated rings. The average molecular weight is 278 g/mol. The summed E-state index contributed by atoms with van der Waals surface area (Å²) in [6, 6.07) is 9.20. The van der Waals surface area contributed by atoms with E-state index in [1.165, 1.54) is 24.4 Å². The Labute approximate surface area is 113 Å². The Morgan fingerprint density at radius 2 is 2.16 bits per heavy atom. The number of hydrogen-bond acceptors (Lipinski definition) is 3. The molecule has 0 aliphatic rings. The van der Waals surface area contributed by atoms with Gasteiger partial charge in [-0.15, -0.1) is 0 Å². The molecule has 0 saturated carbocycles. The second-order valence-electron chi connectivity index (χ2n) is 3.55. The van der Waals surface area contributed by atoms with Gasteiger partial charge < -0.3 is 0 Å². The minimum atomic E-state index is -0.511. The predicted octanol–water partition coefficient (Wildman–Crippen LogP) is 2.64. The Kier molecular flexibility index (Phi) is 4.20. The Morgan fingerprint density at radius 1 is 1.32 bits per heavy atom. The van der Waals surface area contributed by atoms with E-state index < -0.39 is 11.7 Å². The van der Waals surface area contributed by atoms with Gasteiger partial charge in [-0.3, -0.25) is 9.78 Å². The second kappa shape index (κ2) is 6.06. The van der Waals surface area contributed by atoms with E-state index in [9.17, 15) is 9.18 Å². The van der Waals surface area contributed by atoms with Crippen LogP contribution in [0.4, 0.5) is 4.39 Å². The zero-order chi connectivity index (χ0) is 13.7. The highest BCUT2D eigenvalue weighted by atomic mass is 35.5. The van der Waals surface area contributed by atoms with Gasteiger partial charge in [-0.1, -0.05) is 23.7 Å². The number of carbonyl (C=O) groups is 1. The van der Waals surface area contributed by atoms with E-state index in [4.69, 9.17) is 11.6 Å². The minimum Gasteiger partial charge on any atom is -0.266 e. The largest absolute Gasteiger partial charge is 0.289 e. The highest BCUT2D eigenvalue weighted by Crippen LogP contribution is 2.16. The molecule has 0 aliphatic carbocycles. The number of hydrazone groups is 1. The molecule has 1 amide bonds. The fourth-order valence-electron chi connectivity index (χ4n) is 1.34. The summed E-state index contributed by atoms with van der Waals surface area (Å²) in [6.07, 6.45) is 2.64. The molecule has 2 aromatic rings. The third kappa shape index (κ3) is 3.35. The molecule has 1 aromatic heterocycles. The fraction of sp³-hybridized carbons (Fsp3) is 0. The number of nitrogens with zero attached hydrogens (tertiary/aromatic N) is 2. The maximum Gasteiger partial charge on any atom is 0.289 e. The van der Waals surface area contributed by atoms with Crippen LogP contribution >= 0.6 is 11.6 Å².